The van der Waals surface area contributed by atoms with E-state index in [4.69, 9.17) is 11.6 Å². The number of hydrogen-bond donors (Lipinski definition) is 1. The highest BCUT2D eigenvalue weighted by Gasteiger charge is 2.39. The fraction of sp³-hybridized carbons (Fsp3) is 0.588. The first kappa shape index (κ1) is 18.5. The Balaban J connectivity index is 1.77. The van der Waals surface area contributed by atoms with Crippen molar-refractivity contribution in [1.29, 1.82) is 0 Å². The number of amides is 1. The van der Waals surface area contributed by atoms with Crippen LogP contribution in [0.2, 0.25) is 5.02 Å². The van der Waals surface area contributed by atoms with E-state index in [1.54, 1.807) is 0 Å². The Morgan fingerprint density at radius 2 is 1.84 bits per heavy atom. The molecule has 25 heavy (non-hydrogen) atoms. The summed E-state index contributed by atoms with van der Waals surface area (Å²) in [4.78, 5) is 16.2. The van der Waals surface area contributed by atoms with Gasteiger partial charge in [-0.05, 0) is 44.1 Å². The van der Waals surface area contributed by atoms with Crippen molar-refractivity contribution in [3.8, 4) is 0 Å². The van der Waals surface area contributed by atoms with Crippen molar-refractivity contribution in [1.82, 2.24) is 9.80 Å². The van der Waals surface area contributed by atoms with Gasteiger partial charge in [0, 0.05) is 13.1 Å². The van der Waals surface area contributed by atoms with Gasteiger partial charge < -0.3 is 10.0 Å². The van der Waals surface area contributed by atoms with Crippen LogP contribution in [0.3, 0.4) is 0 Å². The molecule has 2 unspecified atom stereocenters. The summed E-state index contributed by atoms with van der Waals surface area (Å²) in [6.07, 6.45) is -1.98. The fourth-order valence-electron chi connectivity index (χ4n) is 3.58. The van der Waals surface area contributed by atoms with Crippen LogP contribution < -0.4 is 0 Å². The van der Waals surface area contributed by atoms with Crippen molar-refractivity contribution in [3.63, 3.8) is 0 Å². The van der Waals surface area contributed by atoms with Crippen molar-refractivity contribution in [2.75, 3.05) is 26.2 Å². The van der Waals surface area contributed by atoms with E-state index < -0.39 is 23.8 Å². The molecule has 8 heteroatoms. The Hall–Kier alpha value is -1.31. The molecule has 0 bridgehead atoms. The van der Waals surface area contributed by atoms with Gasteiger partial charge in [0.05, 0.1) is 28.3 Å². The van der Waals surface area contributed by atoms with Gasteiger partial charge in [-0.15, -0.1) is 0 Å². The number of aliphatic hydroxyl groups excluding tert-OH is 1. The smallest absolute Gasteiger partial charge is 0.390 e. The second-order valence-corrected chi connectivity index (χ2v) is 7.04. The van der Waals surface area contributed by atoms with Crippen LogP contribution in [0.25, 0.3) is 0 Å². The zero-order valence-electron chi connectivity index (χ0n) is 13.6. The molecule has 2 saturated heterocycles. The summed E-state index contributed by atoms with van der Waals surface area (Å²) in [5.41, 5.74) is -1.09. The minimum absolute atomic E-state index is 0.0195. The molecule has 3 rings (SSSR count). The van der Waals surface area contributed by atoms with Gasteiger partial charge in [0.15, 0.2) is 0 Å². The number of β-amino-alcohol motifs (C(OH)–C–C–N with tert-alkyl or cyclic N) is 1. The van der Waals surface area contributed by atoms with Crippen molar-refractivity contribution < 1.29 is 23.1 Å². The van der Waals surface area contributed by atoms with Gasteiger partial charge in [-0.1, -0.05) is 18.0 Å². The molecule has 0 aliphatic carbocycles. The molecule has 2 fully saturated rings. The van der Waals surface area contributed by atoms with E-state index in [0.29, 0.717) is 6.54 Å². The molecule has 0 aromatic heterocycles. The van der Waals surface area contributed by atoms with Gasteiger partial charge in [0.2, 0.25) is 0 Å². The number of aliphatic hydroxyl groups is 1. The number of hydrogen-bond acceptors (Lipinski definition) is 3. The average molecular weight is 377 g/mol. The Kier molecular flexibility index (Phi) is 5.27. The Bertz CT molecular complexity index is 647. The maximum atomic E-state index is 12.9. The van der Waals surface area contributed by atoms with E-state index in [2.05, 4.69) is 4.90 Å². The Morgan fingerprint density at radius 3 is 2.48 bits per heavy atom. The topological polar surface area (TPSA) is 43.8 Å². The van der Waals surface area contributed by atoms with E-state index in [0.717, 1.165) is 50.6 Å². The standard InChI is InChI=1S/C17H20ClF3N2O2/c18-13-5-4-11(17(19,20)21)8-12(13)16(25)23-9-14(15(24)10-23)22-6-2-1-3-7-22/h4-5,8,14-15,24H,1-3,6-7,9-10H2. The number of nitrogens with zero attached hydrogens (tertiary/aromatic N) is 2. The molecule has 0 saturated carbocycles. The normalized spacial score (nSPS) is 25.4. The first-order valence-corrected chi connectivity index (χ1v) is 8.73. The number of rotatable bonds is 2. The second-order valence-electron chi connectivity index (χ2n) is 6.63. The molecule has 2 atom stereocenters. The molecule has 0 spiro atoms. The average Bonchev–Trinajstić information content (AvgIpc) is 2.96. The molecule has 0 radical (unpaired) electrons. The highest BCUT2D eigenvalue weighted by Crippen LogP contribution is 2.33. The van der Waals surface area contributed by atoms with Crippen LogP contribution in [-0.2, 0) is 6.18 Å². The summed E-state index contributed by atoms with van der Waals surface area (Å²) in [6, 6.07) is 2.56. The molecule has 1 amide bonds. The number of halogens is 4. The predicted molar refractivity (Wildman–Crippen MR) is 87.6 cm³/mol. The SMILES string of the molecule is O=C(c1cc(C(F)(F)F)ccc1Cl)N1CC(O)C(N2CCCCC2)C1. The molecule has 1 N–H and O–H groups in total. The maximum Gasteiger partial charge on any atom is 0.416 e. The second kappa shape index (κ2) is 7.13. The zero-order chi connectivity index (χ0) is 18.2. The molecule has 2 heterocycles. The molecular formula is C17H20ClF3N2O2. The van der Waals surface area contributed by atoms with Crippen molar-refractivity contribution in [3.05, 3.63) is 34.3 Å². The molecule has 4 nitrogen and oxygen atoms in total. The monoisotopic (exact) mass is 376 g/mol. The summed E-state index contributed by atoms with van der Waals surface area (Å²) in [5.74, 6) is -0.574. The first-order valence-electron chi connectivity index (χ1n) is 8.35. The summed E-state index contributed by atoms with van der Waals surface area (Å²) in [5, 5.41) is 10.3. The lowest BCUT2D eigenvalue weighted by atomic mass is 10.1. The van der Waals surface area contributed by atoms with Crippen molar-refractivity contribution >= 4 is 17.5 Å². The summed E-state index contributed by atoms with van der Waals surface area (Å²) < 4.78 is 38.7. The lowest BCUT2D eigenvalue weighted by molar-refractivity contribution is -0.137. The molecular weight excluding hydrogens is 357 g/mol. The number of likely N-dealkylation sites (tertiary alicyclic amines) is 2. The van der Waals surface area contributed by atoms with Crippen molar-refractivity contribution in [2.24, 2.45) is 0 Å². The summed E-state index contributed by atoms with van der Waals surface area (Å²) >= 11 is 5.95. The van der Waals surface area contributed by atoms with E-state index >= 15 is 0 Å². The summed E-state index contributed by atoms with van der Waals surface area (Å²) in [7, 11) is 0. The van der Waals surface area contributed by atoms with E-state index in [1.807, 2.05) is 0 Å². The molecule has 2 aliphatic heterocycles. The van der Waals surface area contributed by atoms with Crippen LogP contribution in [0, 0.1) is 0 Å². The van der Waals surface area contributed by atoms with Crippen LogP contribution in [-0.4, -0.2) is 59.1 Å². The van der Waals surface area contributed by atoms with Gasteiger partial charge in [-0.25, -0.2) is 0 Å². The molecule has 1 aromatic rings. The highest BCUT2D eigenvalue weighted by atomic mass is 35.5. The minimum Gasteiger partial charge on any atom is -0.390 e. The van der Waals surface area contributed by atoms with Gasteiger partial charge in [0.25, 0.3) is 5.91 Å². The Labute approximate surface area is 149 Å². The minimum atomic E-state index is -4.54. The third-order valence-corrected chi connectivity index (χ3v) is 5.26. The number of benzene rings is 1. The quantitative estimate of drug-likeness (QED) is 0.863. The lowest BCUT2D eigenvalue weighted by Crippen LogP contribution is -2.46. The van der Waals surface area contributed by atoms with Gasteiger partial charge >= 0.3 is 6.18 Å². The number of piperidine rings is 1. The van der Waals surface area contributed by atoms with Crippen LogP contribution >= 0.6 is 11.6 Å². The van der Waals surface area contributed by atoms with E-state index in [-0.39, 0.29) is 23.2 Å². The van der Waals surface area contributed by atoms with Crippen molar-refractivity contribution in [2.45, 2.75) is 37.6 Å². The van der Waals surface area contributed by atoms with Crippen LogP contribution in [0.5, 0.6) is 0 Å². The largest absolute Gasteiger partial charge is 0.416 e. The fourth-order valence-corrected chi connectivity index (χ4v) is 3.78. The van der Waals surface area contributed by atoms with Crippen LogP contribution in [0.4, 0.5) is 13.2 Å². The van der Waals surface area contributed by atoms with Crippen LogP contribution in [0.1, 0.15) is 35.2 Å². The maximum absolute atomic E-state index is 12.9. The lowest BCUT2D eigenvalue weighted by Gasteiger charge is -2.33. The third-order valence-electron chi connectivity index (χ3n) is 4.93. The number of alkyl halides is 3. The summed E-state index contributed by atoms with van der Waals surface area (Å²) in [6.45, 7) is 2.14. The first-order chi connectivity index (χ1) is 11.8. The Morgan fingerprint density at radius 1 is 1.16 bits per heavy atom. The van der Waals surface area contributed by atoms with E-state index in [1.165, 1.54) is 4.90 Å². The molecule has 138 valence electrons. The predicted octanol–water partition coefficient (Wildman–Crippen LogP) is 3.03. The van der Waals surface area contributed by atoms with Gasteiger partial charge in [-0.2, -0.15) is 13.2 Å². The molecule has 2 aliphatic rings. The van der Waals surface area contributed by atoms with Crippen LogP contribution in [0.15, 0.2) is 18.2 Å². The van der Waals surface area contributed by atoms with E-state index in [9.17, 15) is 23.1 Å². The van der Waals surface area contributed by atoms with Gasteiger partial charge in [0.1, 0.15) is 0 Å². The number of carbonyl (C=O) groups is 1. The number of carbonyl (C=O) groups excluding carboxylic acids is 1. The highest BCUT2D eigenvalue weighted by molar-refractivity contribution is 6.33. The molecule has 1 aromatic carbocycles. The van der Waals surface area contributed by atoms with Gasteiger partial charge in [-0.3, -0.25) is 9.69 Å². The zero-order valence-corrected chi connectivity index (χ0v) is 14.4. The third kappa shape index (κ3) is 3.93.